The molecule has 1 heteroatoms. The fourth-order valence-corrected chi connectivity index (χ4v) is 3.31. The van der Waals surface area contributed by atoms with Gasteiger partial charge in [-0.3, -0.25) is 4.79 Å². The van der Waals surface area contributed by atoms with Gasteiger partial charge in [-0.1, -0.05) is 39.0 Å². The van der Waals surface area contributed by atoms with Crippen molar-refractivity contribution in [3.8, 4) is 0 Å². The molecule has 2 aliphatic rings. The normalized spacial score (nSPS) is 41.0. The number of hydrogen-bond donors (Lipinski definition) is 0. The van der Waals surface area contributed by atoms with E-state index in [1.165, 1.54) is 32.1 Å². The molecule has 86 valence electrons. The zero-order valence-corrected chi connectivity index (χ0v) is 9.93. The number of rotatable bonds is 1. The molecular formula is C14H24O. The highest BCUT2D eigenvalue weighted by atomic mass is 16.1. The molecule has 2 fully saturated rings. The van der Waals surface area contributed by atoms with Crippen LogP contribution in [0.5, 0.6) is 0 Å². The summed E-state index contributed by atoms with van der Waals surface area (Å²) in [5, 5.41) is 0. The summed E-state index contributed by atoms with van der Waals surface area (Å²) in [5.41, 5.74) is 0. The van der Waals surface area contributed by atoms with Crippen LogP contribution in [0.1, 0.15) is 66.1 Å². The van der Waals surface area contributed by atoms with Crippen LogP contribution in [-0.2, 0) is 4.79 Å². The SMILES string of the molecule is [2H][C@@]1(C)CCCC[C@H](C2CCCCC2)C1=O. The molecule has 0 aliphatic heterocycles. The summed E-state index contributed by atoms with van der Waals surface area (Å²) in [6, 6.07) is 0. The number of hydrogen-bond acceptors (Lipinski definition) is 1. The predicted molar refractivity (Wildman–Crippen MR) is 62.7 cm³/mol. The van der Waals surface area contributed by atoms with Crippen molar-refractivity contribution in [3.63, 3.8) is 0 Å². The van der Waals surface area contributed by atoms with Crippen molar-refractivity contribution < 1.29 is 6.17 Å². The molecule has 0 aromatic carbocycles. The maximum Gasteiger partial charge on any atom is 0.139 e. The Kier molecular flexibility index (Phi) is 3.38. The van der Waals surface area contributed by atoms with Crippen LogP contribution in [0.2, 0.25) is 0 Å². The monoisotopic (exact) mass is 209 g/mol. The van der Waals surface area contributed by atoms with Crippen molar-refractivity contribution in [2.45, 2.75) is 64.7 Å². The van der Waals surface area contributed by atoms with Crippen molar-refractivity contribution in [1.82, 2.24) is 0 Å². The molecule has 2 rings (SSSR count). The minimum absolute atomic E-state index is 0.213. The van der Waals surface area contributed by atoms with Crippen LogP contribution in [0.15, 0.2) is 0 Å². The van der Waals surface area contributed by atoms with Crippen molar-refractivity contribution in [2.75, 3.05) is 0 Å². The molecule has 1 nitrogen and oxygen atoms in total. The Morgan fingerprint density at radius 3 is 2.33 bits per heavy atom. The summed E-state index contributed by atoms with van der Waals surface area (Å²) in [7, 11) is 0. The molecule has 0 bridgehead atoms. The van der Waals surface area contributed by atoms with Gasteiger partial charge in [-0.15, -0.1) is 0 Å². The third kappa shape index (κ3) is 2.62. The second-order valence-electron chi connectivity index (χ2n) is 5.39. The summed E-state index contributed by atoms with van der Waals surface area (Å²) in [5.74, 6) is 0.268. The Balaban J connectivity index is 2.08. The Bertz CT molecular complexity index is 253. The van der Waals surface area contributed by atoms with E-state index in [1.807, 2.05) is 6.92 Å². The molecule has 2 atom stereocenters. The highest BCUT2D eigenvalue weighted by Crippen LogP contribution is 2.37. The topological polar surface area (TPSA) is 17.1 Å². The highest BCUT2D eigenvalue weighted by molar-refractivity contribution is 5.83. The van der Waals surface area contributed by atoms with E-state index in [0.29, 0.717) is 5.92 Å². The first-order chi connectivity index (χ1) is 7.61. The van der Waals surface area contributed by atoms with Crippen LogP contribution in [0.25, 0.3) is 0 Å². The van der Waals surface area contributed by atoms with Gasteiger partial charge in [0.1, 0.15) is 5.78 Å². The number of Topliss-reactive ketones (excluding diaryl/α,β-unsaturated/α-hetero) is 1. The summed E-state index contributed by atoms with van der Waals surface area (Å²) in [6.45, 7) is 1.83. The van der Waals surface area contributed by atoms with Gasteiger partial charge in [-0.2, -0.15) is 0 Å². The Morgan fingerprint density at radius 2 is 1.60 bits per heavy atom. The average molecular weight is 209 g/mol. The summed E-state index contributed by atoms with van der Waals surface area (Å²) >= 11 is 0. The van der Waals surface area contributed by atoms with Crippen LogP contribution >= 0.6 is 0 Å². The minimum atomic E-state index is -0.793. The number of carbonyl (C=O) groups excluding carboxylic acids is 1. The lowest BCUT2D eigenvalue weighted by Gasteiger charge is -2.29. The first-order valence-electron chi connectivity index (χ1n) is 7.15. The van der Waals surface area contributed by atoms with Gasteiger partial charge in [0.15, 0.2) is 0 Å². The molecule has 0 unspecified atom stereocenters. The molecule has 0 amide bonds. The molecule has 0 aromatic rings. The summed E-state index contributed by atoms with van der Waals surface area (Å²) in [4.78, 5) is 12.4. The van der Waals surface area contributed by atoms with E-state index in [9.17, 15) is 4.79 Å². The average Bonchev–Trinajstić information content (AvgIpc) is 2.41. The van der Waals surface area contributed by atoms with Crippen molar-refractivity contribution in [3.05, 3.63) is 0 Å². The standard InChI is InChI=1S/C14H24O/c1-11-7-5-6-10-13(14(11)15)12-8-3-2-4-9-12/h11-13H,2-10H2,1H3/t11-,13-/m1/s1/i11D. The number of carbonyl (C=O) groups is 1. The van der Waals surface area contributed by atoms with Gasteiger partial charge in [0, 0.05) is 13.2 Å². The predicted octanol–water partition coefficient (Wildman–Crippen LogP) is 3.96. The fraction of sp³-hybridized carbons (Fsp3) is 0.929. The van der Waals surface area contributed by atoms with Gasteiger partial charge >= 0.3 is 0 Å². The minimum Gasteiger partial charge on any atom is -0.299 e. The lowest BCUT2D eigenvalue weighted by atomic mass is 9.75. The Morgan fingerprint density at radius 1 is 1.00 bits per heavy atom. The Labute approximate surface area is 95.0 Å². The maximum absolute atomic E-state index is 12.4. The van der Waals surface area contributed by atoms with E-state index in [4.69, 9.17) is 1.37 Å². The molecule has 2 saturated carbocycles. The summed E-state index contributed by atoms with van der Waals surface area (Å²) < 4.78 is 8.17. The third-order valence-corrected chi connectivity index (χ3v) is 4.29. The second-order valence-corrected chi connectivity index (χ2v) is 5.39. The molecular weight excluding hydrogens is 184 g/mol. The van der Waals surface area contributed by atoms with Crippen molar-refractivity contribution in [2.24, 2.45) is 17.7 Å². The van der Waals surface area contributed by atoms with E-state index in [2.05, 4.69) is 0 Å². The molecule has 2 aliphatic carbocycles. The highest BCUT2D eigenvalue weighted by Gasteiger charge is 2.32. The number of ketones is 1. The van der Waals surface area contributed by atoms with Crippen LogP contribution in [-0.4, -0.2) is 5.78 Å². The van der Waals surface area contributed by atoms with Crippen LogP contribution in [0.3, 0.4) is 0 Å². The molecule has 0 N–H and O–H groups in total. The van der Waals surface area contributed by atoms with E-state index in [0.717, 1.165) is 25.7 Å². The lowest BCUT2D eigenvalue weighted by Crippen LogP contribution is -2.28. The lowest BCUT2D eigenvalue weighted by molar-refractivity contribution is -0.128. The van der Waals surface area contributed by atoms with Crippen LogP contribution in [0, 0.1) is 17.7 Å². The third-order valence-electron chi connectivity index (χ3n) is 4.29. The van der Waals surface area contributed by atoms with Gasteiger partial charge in [-0.25, -0.2) is 0 Å². The van der Waals surface area contributed by atoms with E-state index >= 15 is 0 Å². The zero-order valence-electron chi connectivity index (χ0n) is 10.9. The molecule has 0 radical (unpaired) electrons. The molecule has 15 heavy (non-hydrogen) atoms. The van der Waals surface area contributed by atoms with E-state index in [1.54, 1.807) is 0 Å². The molecule has 0 saturated heterocycles. The van der Waals surface area contributed by atoms with Crippen molar-refractivity contribution in [1.29, 1.82) is 0 Å². The quantitative estimate of drug-likeness (QED) is 0.597. The van der Waals surface area contributed by atoms with E-state index in [-0.39, 0.29) is 11.7 Å². The smallest absolute Gasteiger partial charge is 0.139 e. The van der Waals surface area contributed by atoms with Crippen LogP contribution in [0.4, 0.5) is 0 Å². The van der Waals surface area contributed by atoms with Gasteiger partial charge in [0.05, 0.1) is 0 Å². The second kappa shape index (κ2) is 5.14. The largest absolute Gasteiger partial charge is 0.299 e. The van der Waals surface area contributed by atoms with Crippen LogP contribution < -0.4 is 0 Å². The maximum atomic E-state index is 12.4. The van der Waals surface area contributed by atoms with Crippen molar-refractivity contribution >= 4 is 5.78 Å². The molecule has 0 heterocycles. The van der Waals surface area contributed by atoms with Gasteiger partial charge in [0.25, 0.3) is 0 Å². The molecule has 0 spiro atoms. The first kappa shape index (κ1) is 9.86. The fourth-order valence-electron chi connectivity index (χ4n) is 3.31. The summed E-state index contributed by atoms with van der Waals surface area (Å²) in [6.07, 6.45) is 10.4. The zero-order chi connectivity index (χ0) is 11.6. The van der Waals surface area contributed by atoms with Gasteiger partial charge in [0.2, 0.25) is 0 Å². The molecule has 0 aromatic heterocycles. The van der Waals surface area contributed by atoms with Gasteiger partial charge in [-0.05, 0) is 31.6 Å². The first-order valence-corrected chi connectivity index (χ1v) is 6.65. The van der Waals surface area contributed by atoms with Gasteiger partial charge < -0.3 is 0 Å². The Hall–Kier alpha value is -0.330. The van der Waals surface area contributed by atoms with E-state index < -0.39 is 5.89 Å².